The third kappa shape index (κ3) is 5.21. The van der Waals surface area contributed by atoms with Crippen LogP contribution in [0.2, 0.25) is 0 Å². The van der Waals surface area contributed by atoms with Crippen molar-refractivity contribution in [1.29, 1.82) is 5.26 Å². The van der Waals surface area contributed by atoms with Gasteiger partial charge in [-0.2, -0.15) is 5.26 Å². The Kier molecular flexibility index (Phi) is 8.88. The number of carbonyl (C=O) groups is 4. The number of nitriles is 1. The standard InChI is InChI=1S/C40H38N4O11S/c1-17-10-20-11-23-24(12-41)43-25-13-51-40(48)26(44-38(46)21-8-6-7-9-22(21)39(44)47)14-56-37(31(43)30(42-23)27(20)35(32(17)50-5)52-15-49-4)29-28(25)36-34(53-16-54-36)18(2)33(29)55-19(3)45/h6-10,23-26,30-31,37,42H,11,13-16H2,1-5H3/t23-,24-,25-,26-,30+,31?,37+/m0/s1. The van der Waals surface area contributed by atoms with Crippen molar-refractivity contribution >= 4 is 35.5 Å². The number of aryl methyl sites for hydroxylation is 1. The number of nitrogens with zero attached hydrogens (tertiary/aromatic N) is 3. The number of benzene rings is 3. The third-order valence-corrected chi connectivity index (χ3v) is 13.0. The van der Waals surface area contributed by atoms with Crippen molar-refractivity contribution in [3.05, 3.63) is 74.8 Å². The maximum atomic E-state index is 14.2. The summed E-state index contributed by atoms with van der Waals surface area (Å²) in [5, 5.41) is 14.1. The van der Waals surface area contributed by atoms with Crippen molar-refractivity contribution < 1.29 is 52.3 Å². The second-order valence-corrected chi connectivity index (χ2v) is 15.7. The number of rotatable bonds is 6. The Bertz CT molecular complexity index is 2240. The molecule has 0 aromatic heterocycles. The Morgan fingerprint density at radius 2 is 1.71 bits per heavy atom. The molecule has 7 aliphatic heterocycles. The van der Waals surface area contributed by atoms with E-state index in [-0.39, 0.29) is 48.9 Å². The van der Waals surface area contributed by atoms with E-state index in [2.05, 4.69) is 22.4 Å². The predicted molar refractivity (Wildman–Crippen MR) is 197 cm³/mol. The molecule has 7 aliphatic rings. The molecule has 3 aromatic rings. The van der Waals surface area contributed by atoms with Crippen LogP contribution in [-0.2, 0) is 25.5 Å². The number of hydrogen-bond acceptors (Lipinski definition) is 15. The van der Waals surface area contributed by atoms with Gasteiger partial charge in [0, 0.05) is 54.1 Å². The molecule has 1 N–H and O–H groups in total. The van der Waals surface area contributed by atoms with Crippen LogP contribution in [0.3, 0.4) is 0 Å². The van der Waals surface area contributed by atoms with Crippen molar-refractivity contribution in [2.45, 2.75) is 68.7 Å². The van der Waals surface area contributed by atoms with Crippen LogP contribution in [0.25, 0.3) is 0 Å². The summed E-state index contributed by atoms with van der Waals surface area (Å²) in [6, 6.07) is 6.75. The van der Waals surface area contributed by atoms with Gasteiger partial charge in [-0.05, 0) is 43.5 Å². The quantitative estimate of drug-likeness (QED) is 0.165. The topological polar surface area (TPSA) is 175 Å². The van der Waals surface area contributed by atoms with E-state index >= 15 is 0 Å². The highest BCUT2D eigenvalue weighted by Gasteiger charge is 2.59. The molecular formula is C40H38N4O11S. The zero-order valence-electron chi connectivity index (χ0n) is 31.2. The van der Waals surface area contributed by atoms with Crippen LogP contribution in [0.5, 0.6) is 28.7 Å². The molecule has 2 saturated heterocycles. The first-order valence-electron chi connectivity index (χ1n) is 18.2. The van der Waals surface area contributed by atoms with Crippen molar-refractivity contribution in [2.24, 2.45) is 0 Å². The van der Waals surface area contributed by atoms with Crippen LogP contribution in [0.15, 0.2) is 30.3 Å². The summed E-state index contributed by atoms with van der Waals surface area (Å²) in [6.07, 6.45) is 0.477. The van der Waals surface area contributed by atoms with Gasteiger partial charge in [-0.15, -0.1) is 11.8 Å². The average Bonchev–Trinajstić information content (AvgIpc) is 3.77. The minimum absolute atomic E-state index is 0.0571. The molecule has 0 saturated carbocycles. The molecule has 16 heteroatoms. The molecular weight excluding hydrogens is 745 g/mol. The third-order valence-electron chi connectivity index (χ3n) is 11.6. The number of esters is 2. The second kappa shape index (κ2) is 13.7. The lowest BCUT2D eigenvalue weighted by molar-refractivity contribution is -0.151. The van der Waals surface area contributed by atoms with Gasteiger partial charge in [-0.1, -0.05) is 18.2 Å². The van der Waals surface area contributed by atoms with Crippen LogP contribution in [-0.4, -0.2) is 97.9 Å². The van der Waals surface area contributed by atoms with Crippen LogP contribution in [0.4, 0.5) is 0 Å². The summed E-state index contributed by atoms with van der Waals surface area (Å²) < 4.78 is 42.0. The van der Waals surface area contributed by atoms with Gasteiger partial charge in [0.05, 0.1) is 41.6 Å². The molecule has 10 rings (SSSR count). The summed E-state index contributed by atoms with van der Waals surface area (Å²) in [5.41, 5.74) is 4.78. The summed E-state index contributed by atoms with van der Waals surface area (Å²) in [4.78, 5) is 57.8. The first kappa shape index (κ1) is 36.3. The van der Waals surface area contributed by atoms with Crippen LogP contribution in [0, 0.1) is 25.2 Å². The SMILES string of the molecule is COCOc1c(OC)c(C)cc2c1[C@H]1N[C@@H](C2)[C@H](C#N)N2C1[C@@H]1SC[C@H](N3C(=O)c4ccccc4C3=O)C(=O)OC[C@H]2c2c3c(c(C)c(OC(C)=O)c21)OCO3. The fraction of sp³-hybridized carbons (Fsp3) is 0.425. The lowest BCUT2D eigenvalue weighted by Crippen LogP contribution is -2.69. The van der Waals surface area contributed by atoms with Gasteiger partial charge in [0.2, 0.25) is 6.79 Å². The molecule has 4 bridgehead atoms. The molecule has 3 aromatic carbocycles. The summed E-state index contributed by atoms with van der Waals surface area (Å²) in [6.45, 7) is 4.61. The Morgan fingerprint density at radius 1 is 0.982 bits per heavy atom. The molecule has 56 heavy (non-hydrogen) atoms. The molecule has 7 atom stereocenters. The van der Waals surface area contributed by atoms with Gasteiger partial charge >= 0.3 is 11.9 Å². The van der Waals surface area contributed by atoms with E-state index in [0.717, 1.165) is 21.6 Å². The van der Waals surface area contributed by atoms with Crippen molar-refractivity contribution in [3.8, 4) is 34.8 Å². The minimum atomic E-state index is -1.30. The van der Waals surface area contributed by atoms with E-state index in [1.165, 1.54) is 25.8 Å². The van der Waals surface area contributed by atoms with Crippen molar-refractivity contribution in [1.82, 2.24) is 15.1 Å². The monoisotopic (exact) mass is 782 g/mol. The molecule has 290 valence electrons. The Labute approximate surface area is 326 Å². The first-order chi connectivity index (χ1) is 27.1. The van der Waals surface area contributed by atoms with Gasteiger partial charge in [0.25, 0.3) is 11.8 Å². The van der Waals surface area contributed by atoms with Crippen LogP contribution < -0.4 is 29.0 Å². The predicted octanol–water partition coefficient (Wildman–Crippen LogP) is 3.83. The molecule has 15 nitrogen and oxygen atoms in total. The normalized spacial score (nSPS) is 27.0. The number of amides is 2. The zero-order valence-corrected chi connectivity index (χ0v) is 32.0. The molecule has 0 aliphatic carbocycles. The molecule has 0 spiro atoms. The van der Waals surface area contributed by atoms with E-state index in [0.29, 0.717) is 46.1 Å². The number of imide groups is 1. The number of carbonyl (C=O) groups excluding carboxylic acids is 4. The largest absolute Gasteiger partial charge is 0.493 e. The lowest BCUT2D eigenvalue weighted by atomic mass is 9.72. The molecule has 2 amide bonds. The Balaban J connectivity index is 1.28. The maximum Gasteiger partial charge on any atom is 0.330 e. The van der Waals surface area contributed by atoms with Crippen LogP contribution in [0.1, 0.15) is 78.4 Å². The number of nitrogens with one attached hydrogen (secondary N) is 1. The van der Waals surface area contributed by atoms with E-state index in [9.17, 15) is 24.4 Å². The summed E-state index contributed by atoms with van der Waals surface area (Å²) in [7, 11) is 3.11. The maximum absolute atomic E-state index is 14.2. The zero-order chi connectivity index (χ0) is 39.2. The number of piperazine rings is 1. The summed E-state index contributed by atoms with van der Waals surface area (Å²) in [5.74, 6) is -0.479. The fourth-order valence-corrected chi connectivity index (χ4v) is 11.0. The highest BCUT2D eigenvalue weighted by Crippen LogP contribution is 2.63. The van der Waals surface area contributed by atoms with Crippen molar-refractivity contribution in [3.63, 3.8) is 0 Å². The van der Waals surface area contributed by atoms with Gasteiger partial charge in [-0.25, -0.2) is 4.79 Å². The fourth-order valence-electron chi connectivity index (χ4n) is 9.47. The smallest absolute Gasteiger partial charge is 0.330 e. The summed E-state index contributed by atoms with van der Waals surface area (Å²) >= 11 is 1.31. The molecule has 2 fully saturated rings. The number of methoxy groups -OCH3 is 2. The molecule has 7 heterocycles. The highest BCUT2D eigenvalue weighted by atomic mass is 32.2. The number of ether oxygens (including phenoxy) is 7. The van der Waals surface area contributed by atoms with Gasteiger partial charge in [0.15, 0.2) is 29.8 Å². The Hall–Kier alpha value is -5.34. The van der Waals surface area contributed by atoms with Crippen LogP contribution >= 0.6 is 11.8 Å². The molecule has 1 unspecified atom stereocenters. The van der Waals surface area contributed by atoms with E-state index in [1.54, 1.807) is 38.3 Å². The lowest BCUT2D eigenvalue weighted by Gasteiger charge is -2.59. The minimum Gasteiger partial charge on any atom is -0.493 e. The number of hydrogen-bond donors (Lipinski definition) is 1. The van der Waals surface area contributed by atoms with E-state index in [4.69, 9.17) is 33.2 Å². The van der Waals surface area contributed by atoms with E-state index < -0.39 is 59.2 Å². The first-order valence-corrected chi connectivity index (χ1v) is 19.3. The van der Waals surface area contributed by atoms with Crippen molar-refractivity contribution in [2.75, 3.05) is 40.2 Å². The Morgan fingerprint density at radius 3 is 2.39 bits per heavy atom. The second-order valence-electron chi connectivity index (χ2n) is 14.5. The number of fused-ring (bicyclic) bond motifs is 11. The number of thioether (sulfide) groups is 1. The van der Waals surface area contributed by atoms with Gasteiger partial charge in [-0.3, -0.25) is 24.2 Å². The van der Waals surface area contributed by atoms with Gasteiger partial charge in [0.1, 0.15) is 24.4 Å². The highest BCUT2D eigenvalue weighted by molar-refractivity contribution is 7.99. The average molecular weight is 783 g/mol. The molecule has 0 radical (unpaired) electrons. The van der Waals surface area contributed by atoms with E-state index in [1.807, 2.05) is 6.92 Å². The van der Waals surface area contributed by atoms with Gasteiger partial charge < -0.3 is 38.5 Å².